The van der Waals surface area contributed by atoms with Gasteiger partial charge in [-0.3, -0.25) is 9.59 Å². The van der Waals surface area contributed by atoms with Crippen LogP contribution in [-0.2, 0) is 4.79 Å². The maximum absolute atomic E-state index is 12.6. The molecule has 1 aliphatic carbocycles. The van der Waals surface area contributed by atoms with Crippen LogP contribution in [0, 0.1) is 21.8 Å². The normalized spacial score (nSPS) is 27.7. The number of likely N-dealkylation sites (tertiary alicyclic amines) is 1. The van der Waals surface area contributed by atoms with Crippen LogP contribution in [0.5, 0.6) is 0 Å². The van der Waals surface area contributed by atoms with E-state index < -0.39 is 11.4 Å². The van der Waals surface area contributed by atoms with Crippen LogP contribution in [0.3, 0.4) is 0 Å². The molecule has 1 saturated heterocycles. The lowest BCUT2D eigenvalue weighted by molar-refractivity contribution is -0.149. The van der Waals surface area contributed by atoms with Gasteiger partial charge in [0.15, 0.2) is 0 Å². The minimum atomic E-state index is -0.737. The van der Waals surface area contributed by atoms with Gasteiger partial charge in [-0.05, 0) is 66.0 Å². The van der Waals surface area contributed by atoms with E-state index in [1.807, 2.05) is 25.1 Å². The van der Waals surface area contributed by atoms with Crippen LogP contribution < -0.4 is 0 Å². The molecule has 4 nitrogen and oxygen atoms in total. The lowest BCUT2D eigenvalue weighted by Gasteiger charge is -2.23. The average molecular weight is 399 g/mol. The maximum Gasteiger partial charge on any atom is 0.311 e. The highest BCUT2D eigenvalue weighted by atomic mass is 127. The Labute approximate surface area is 137 Å². The predicted octanol–water partition coefficient (Wildman–Crippen LogP) is 2.93. The molecule has 0 spiro atoms. The maximum atomic E-state index is 12.6. The molecule has 3 rings (SSSR count). The minimum absolute atomic E-state index is 0.0389. The summed E-state index contributed by atoms with van der Waals surface area (Å²) in [6.07, 6.45) is 2.57. The Balaban J connectivity index is 1.84. The SMILES string of the molecule is Cc1ccc(C(=O)N2C[C@@H]3CCC[C@@]3(C(=O)O)C2)cc1I. The van der Waals surface area contributed by atoms with Crippen LogP contribution in [-0.4, -0.2) is 35.0 Å². The Kier molecular flexibility index (Phi) is 3.71. The van der Waals surface area contributed by atoms with E-state index in [-0.39, 0.29) is 11.8 Å². The summed E-state index contributed by atoms with van der Waals surface area (Å²) < 4.78 is 1.06. The van der Waals surface area contributed by atoms with Crippen molar-refractivity contribution in [3.63, 3.8) is 0 Å². The Morgan fingerprint density at radius 1 is 1.43 bits per heavy atom. The zero-order valence-electron chi connectivity index (χ0n) is 11.9. The van der Waals surface area contributed by atoms with E-state index in [9.17, 15) is 14.7 Å². The first-order chi connectivity index (χ1) is 9.94. The molecule has 0 radical (unpaired) electrons. The number of aryl methyl sites for hydroxylation is 1. The minimum Gasteiger partial charge on any atom is -0.481 e. The number of benzene rings is 1. The zero-order chi connectivity index (χ0) is 15.2. The van der Waals surface area contributed by atoms with Crippen molar-refractivity contribution in [3.05, 3.63) is 32.9 Å². The van der Waals surface area contributed by atoms with Gasteiger partial charge in [0, 0.05) is 22.2 Å². The largest absolute Gasteiger partial charge is 0.481 e. The smallest absolute Gasteiger partial charge is 0.311 e. The number of carbonyl (C=O) groups excluding carboxylic acids is 1. The van der Waals surface area contributed by atoms with E-state index in [0.29, 0.717) is 25.1 Å². The third-order valence-corrected chi connectivity index (χ3v) is 6.16. The van der Waals surface area contributed by atoms with E-state index in [0.717, 1.165) is 22.0 Å². The molecule has 1 aromatic carbocycles. The van der Waals surface area contributed by atoms with Crippen molar-refractivity contribution in [2.45, 2.75) is 26.2 Å². The first-order valence-electron chi connectivity index (χ1n) is 7.23. The summed E-state index contributed by atoms with van der Waals surface area (Å²) in [6, 6.07) is 5.67. The number of carboxylic acid groups (broad SMARTS) is 1. The Hall–Kier alpha value is -1.11. The summed E-state index contributed by atoms with van der Waals surface area (Å²) in [4.78, 5) is 26.0. The molecule has 5 heteroatoms. The van der Waals surface area contributed by atoms with Crippen LogP contribution in [0.2, 0.25) is 0 Å². The van der Waals surface area contributed by atoms with Gasteiger partial charge in [-0.25, -0.2) is 0 Å². The lowest BCUT2D eigenvalue weighted by Crippen LogP contribution is -2.37. The van der Waals surface area contributed by atoms with Gasteiger partial charge in [-0.2, -0.15) is 0 Å². The molecular formula is C16H18INO3. The monoisotopic (exact) mass is 399 g/mol. The van der Waals surface area contributed by atoms with Gasteiger partial charge in [0.05, 0.1) is 5.41 Å². The van der Waals surface area contributed by atoms with Gasteiger partial charge in [0.1, 0.15) is 0 Å². The molecule has 21 heavy (non-hydrogen) atoms. The lowest BCUT2D eigenvalue weighted by atomic mass is 9.81. The first kappa shape index (κ1) is 14.8. The standard InChI is InChI=1S/C16H18INO3/c1-10-4-5-11(7-13(10)17)14(19)18-8-12-3-2-6-16(12,9-18)15(20)21/h4-5,7,12H,2-3,6,8-9H2,1H3,(H,20,21)/t12-,16+/m0/s1. The quantitative estimate of drug-likeness (QED) is 0.779. The highest BCUT2D eigenvalue weighted by Crippen LogP contribution is 2.49. The molecule has 1 amide bonds. The Bertz CT molecular complexity index is 616. The molecule has 1 N–H and O–H groups in total. The number of amides is 1. The summed E-state index contributed by atoms with van der Waals surface area (Å²) in [7, 11) is 0. The van der Waals surface area contributed by atoms with Crippen molar-refractivity contribution in [2.24, 2.45) is 11.3 Å². The molecular weight excluding hydrogens is 381 g/mol. The fraction of sp³-hybridized carbons (Fsp3) is 0.500. The van der Waals surface area contributed by atoms with Crippen molar-refractivity contribution in [1.82, 2.24) is 4.90 Å². The van der Waals surface area contributed by atoms with Gasteiger partial charge in [-0.15, -0.1) is 0 Å². The molecule has 0 unspecified atom stereocenters. The summed E-state index contributed by atoms with van der Waals surface area (Å²) in [6.45, 7) is 2.95. The van der Waals surface area contributed by atoms with Crippen molar-refractivity contribution < 1.29 is 14.7 Å². The zero-order valence-corrected chi connectivity index (χ0v) is 14.1. The molecule has 2 aliphatic rings. The van der Waals surface area contributed by atoms with E-state index in [2.05, 4.69) is 22.6 Å². The van der Waals surface area contributed by atoms with Crippen molar-refractivity contribution >= 4 is 34.5 Å². The van der Waals surface area contributed by atoms with E-state index in [1.165, 1.54) is 0 Å². The molecule has 1 saturated carbocycles. The van der Waals surface area contributed by atoms with Crippen LogP contribution in [0.4, 0.5) is 0 Å². The number of rotatable bonds is 2. The van der Waals surface area contributed by atoms with E-state index >= 15 is 0 Å². The molecule has 112 valence electrons. The topological polar surface area (TPSA) is 57.6 Å². The number of fused-ring (bicyclic) bond motifs is 1. The van der Waals surface area contributed by atoms with Gasteiger partial charge in [0.2, 0.25) is 0 Å². The van der Waals surface area contributed by atoms with E-state index in [4.69, 9.17) is 0 Å². The number of hydrogen-bond donors (Lipinski definition) is 1. The fourth-order valence-electron chi connectivity index (χ4n) is 3.70. The van der Waals surface area contributed by atoms with Crippen molar-refractivity contribution in [2.75, 3.05) is 13.1 Å². The Morgan fingerprint density at radius 3 is 2.81 bits per heavy atom. The van der Waals surface area contributed by atoms with Gasteiger partial charge in [-0.1, -0.05) is 12.5 Å². The number of hydrogen-bond acceptors (Lipinski definition) is 2. The van der Waals surface area contributed by atoms with E-state index in [1.54, 1.807) is 4.90 Å². The number of nitrogens with zero attached hydrogens (tertiary/aromatic N) is 1. The van der Waals surface area contributed by atoms with Gasteiger partial charge in [0.25, 0.3) is 5.91 Å². The summed E-state index contributed by atoms with van der Waals surface area (Å²) in [5.74, 6) is -0.662. The second-order valence-electron chi connectivity index (χ2n) is 6.20. The summed E-state index contributed by atoms with van der Waals surface area (Å²) >= 11 is 2.22. The number of carboxylic acids is 1. The summed E-state index contributed by atoms with van der Waals surface area (Å²) in [5, 5.41) is 9.59. The van der Waals surface area contributed by atoms with Crippen LogP contribution in [0.15, 0.2) is 18.2 Å². The van der Waals surface area contributed by atoms with Crippen molar-refractivity contribution in [3.8, 4) is 0 Å². The van der Waals surface area contributed by atoms with Gasteiger partial charge < -0.3 is 10.0 Å². The van der Waals surface area contributed by atoms with Crippen LogP contribution in [0.25, 0.3) is 0 Å². The fourth-order valence-corrected chi connectivity index (χ4v) is 4.22. The third kappa shape index (κ3) is 2.35. The van der Waals surface area contributed by atoms with Crippen molar-refractivity contribution in [1.29, 1.82) is 0 Å². The first-order valence-corrected chi connectivity index (χ1v) is 8.31. The predicted molar refractivity (Wildman–Crippen MR) is 87.2 cm³/mol. The van der Waals surface area contributed by atoms with Crippen LogP contribution >= 0.6 is 22.6 Å². The number of carbonyl (C=O) groups is 2. The van der Waals surface area contributed by atoms with Gasteiger partial charge >= 0.3 is 5.97 Å². The average Bonchev–Trinajstić information content (AvgIpc) is 2.98. The molecule has 1 aromatic rings. The number of aliphatic carboxylic acids is 1. The molecule has 0 aromatic heterocycles. The number of halogens is 1. The molecule has 1 heterocycles. The third-order valence-electron chi connectivity index (χ3n) is 5.00. The molecule has 0 bridgehead atoms. The second kappa shape index (κ2) is 5.26. The van der Waals surface area contributed by atoms with Crippen LogP contribution in [0.1, 0.15) is 35.2 Å². The highest BCUT2D eigenvalue weighted by Gasteiger charge is 2.55. The molecule has 1 aliphatic heterocycles. The summed E-state index contributed by atoms with van der Waals surface area (Å²) in [5.41, 5.74) is 1.10. The second-order valence-corrected chi connectivity index (χ2v) is 7.36. The Morgan fingerprint density at radius 2 is 2.19 bits per heavy atom. The highest BCUT2D eigenvalue weighted by molar-refractivity contribution is 14.1. The molecule has 2 fully saturated rings. The molecule has 2 atom stereocenters.